The SMILES string of the molecule is Cc1ccnc2c1OCC1CS(=O)(=O)CCN21. The lowest BCUT2D eigenvalue weighted by molar-refractivity contribution is 0.265. The fraction of sp³-hybridized carbons (Fsp3) is 0.545. The molecule has 92 valence electrons. The summed E-state index contributed by atoms with van der Waals surface area (Å²) in [7, 11) is -2.92. The molecular formula is C11H14N2O3S. The van der Waals surface area contributed by atoms with Gasteiger partial charge >= 0.3 is 0 Å². The van der Waals surface area contributed by atoms with Crippen LogP contribution in [0.15, 0.2) is 12.3 Å². The largest absolute Gasteiger partial charge is 0.487 e. The summed E-state index contributed by atoms with van der Waals surface area (Å²) in [5.41, 5.74) is 1.04. The van der Waals surface area contributed by atoms with Crippen molar-refractivity contribution in [1.82, 2.24) is 4.98 Å². The van der Waals surface area contributed by atoms with Crippen LogP contribution in [0.5, 0.6) is 5.75 Å². The third kappa shape index (κ3) is 1.76. The summed E-state index contributed by atoms with van der Waals surface area (Å²) in [5.74, 6) is 1.96. The minimum absolute atomic E-state index is 0.0875. The monoisotopic (exact) mass is 254 g/mol. The Balaban J connectivity index is 2.01. The highest BCUT2D eigenvalue weighted by Gasteiger charge is 2.37. The van der Waals surface area contributed by atoms with Crippen LogP contribution >= 0.6 is 0 Å². The number of fused-ring (bicyclic) bond motifs is 3. The van der Waals surface area contributed by atoms with E-state index in [4.69, 9.17) is 4.74 Å². The summed E-state index contributed by atoms with van der Waals surface area (Å²) in [6, 6.07) is 1.82. The maximum Gasteiger partial charge on any atom is 0.172 e. The lowest BCUT2D eigenvalue weighted by Crippen LogP contribution is -2.53. The maximum absolute atomic E-state index is 11.6. The average molecular weight is 254 g/mol. The number of rotatable bonds is 0. The first-order valence-corrected chi connectivity index (χ1v) is 7.44. The van der Waals surface area contributed by atoms with Gasteiger partial charge in [0.05, 0.1) is 17.5 Å². The second kappa shape index (κ2) is 3.60. The Morgan fingerprint density at radius 2 is 2.35 bits per heavy atom. The minimum atomic E-state index is -2.92. The Morgan fingerprint density at radius 3 is 3.18 bits per heavy atom. The van der Waals surface area contributed by atoms with Gasteiger partial charge in [0.2, 0.25) is 0 Å². The fourth-order valence-electron chi connectivity index (χ4n) is 2.40. The number of hydrogen-bond donors (Lipinski definition) is 0. The molecule has 2 aliphatic rings. The van der Waals surface area contributed by atoms with E-state index in [1.54, 1.807) is 6.20 Å². The van der Waals surface area contributed by atoms with E-state index >= 15 is 0 Å². The van der Waals surface area contributed by atoms with E-state index in [0.717, 1.165) is 17.1 Å². The zero-order valence-electron chi connectivity index (χ0n) is 9.59. The summed E-state index contributed by atoms with van der Waals surface area (Å²) < 4.78 is 28.8. The average Bonchev–Trinajstić information content (AvgIpc) is 2.27. The van der Waals surface area contributed by atoms with E-state index in [1.807, 2.05) is 13.0 Å². The van der Waals surface area contributed by atoms with Gasteiger partial charge in [-0.2, -0.15) is 0 Å². The lowest BCUT2D eigenvalue weighted by atomic mass is 10.2. The molecule has 0 aromatic carbocycles. The second-order valence-electron chi connectivity index (χ2n) is 4.55. The summed E-state index contributed by atoms with van der Waals surface area (Å²) in [6.45, 7) is 2.92. The topological polar surface area (TPSA) is 59.5 Å². The van der Waals surface area contributed by atoms with Crippen molar-refractivity contribution in [3.05, 3.63) is 17.8 Å². The summed E-state index contributed by atoms with van der Waals surface area (Å²) in [6.07, 6.45) is 1.74. The van der Waals surface area contributed by atoms with Crippen LogP contribution in [-0.4, -0.2) is 44.1 Å². The van der Waals surface area contributed by atoms with Crippen molar-refractivity contribution in [3.8, 4) is 5.75 Å². The molecule has 0 amide bonds. The molecule has 5 nitrogen and oxygen atoms in total. The molecular weight excluding hydrogens is 240 g/mol. The van der Waals surface area contributed by atoms with Gasteiger partial charge in [0.15, 0.2) is 21.4 Å². The Morgan fingerprint density at radius 1 is 1.53 bits per heavy atom. The molecule has 0 N–H and O–H groups in total. The van der Waals surface area contributed by atoms with Gasteiger partial charge in [-0.1, -0.05) is 0 Å². The molecule has 1 saturated heterocycles. The summed E-state index contributed by atoms with van der Waals surface area (Å²) in [5, 5.41) is 0. The van der Waals surface area contributed by atoms with E-state index < -0.39 is 9.84 Å². The van der Waals surface area contributed by atoms with Crippen molar-refractivity contribution in [2.24, 2.45) is 0 Å². The van der Waals surface area contributed by atoms with Crippen molar-refractivity contribution < 1.29 is 13.2 Å². The van der Waals surface area contributed by atoms with Gasteiger partial charge in [0.1, 0.15) is 6.61 Å². The molecule has 3 rings (SSSR count). The number of anilines is 1. The van der Waals surface area contributed by atoms with E-state index in [0.29, 0.717) is 13.2 Å². The van der Waals surface area contributed by atoms with Gasteiger partial charge < -0.3 is 9.64 Å². The Kier molecular flexibility index (Phi) is 2.29. The molecule has 0 radical (unpaired) electrons. The van der Waals surface area contributed by atoms with Crippen LogP contribution < -0.4 is 9.64 Å². The molecule has 3 heterocycles. The normalized spacial score (nSPS) is 25.7. The molecule has 0 bridgehead atoms. The summed E-state index contributed by atoms with van der Waals surface area (Å²) >= 11 is 0. The third-order valence-corrected chi connectivity index (χ3v) is 5.00. The molecule has 1 atom stereocenters. The molecule has 1 fully saturated rings. The van der Waals surface area contributed by atoms with Crippen LogP contribution in [-0.2, 0) is 9.84 Å². The minimum Gasteiger partial charge on any atom is -0.487 e. The number of ether oxygens (including phenoxy) is 1. The number of aryl methyl sites for hydroxylation is 1. The van der Waals surface area contributed by atoms with Crippen LogP contribution in [0.4, 0.5) is 5.82 Å². The third-order valence-electron chi connectivity index (χ3n) is 3.31. The number of nitrogens with zero attached hydrogens (tertiary/aromatic N) is 2. The van der Waals surface area contributed by atoms with Crippen LogP contribution in [0.3, 0.4) is 0 Å². The van der Waals surface area contributed by atoms with Gasteiger partial charge in [0, 0.05) is 12.7 Å². The van der Waals surface area contributed by atoms with Crippen LogP contribution in [0.1, 0.15) is 5.56 Å². The zero-order chi connectivity index (χ0) is 12.0. The van der Waals surface area contributed by atoms with Crippen molar-refractivity contribution in [1.29, 1.82) is 0 Å². The summed E-state index contributed by atoms with van der Waals surface area (Å²) in [4.78, 5) is 6.38. The number of pyridine rings is 1. The van der Waals surface area contributed by atoms with Crippen molar-refractivity contribution in [2.45, 2.75) is 13.0 Å². The maximum atomic E-state index is 11.6. The van der Waals surface area contributed by atoms with E-state index in [1.165, 1.54) is 0 Å². The van der Waals surface area contributed by atoms with Gasteiger partial charge in [-0.05, 0) is 18.6 Å². The number of aromatic nitrogens is 1. The quantitative estimate of drug-likeness (QED) is 0.670. The van der Waals surface area contributed by atoms with Crippen LogP contribution in [0.2, 0.25) is 0 Å². The fourth-order valence-corrected chi connectivity index (χ4v) is 3.90. The molecule has 6 heteroatoms. The standard InChI is InChI=1S/C11H14N2O3S/c1-8-2-3-12-11-10(8)16-6-9-7-17(14,15)5-4-13(9)11/h2-3,9H,4-7H2,1H3. The first-order chi connectivity index (χ1) is 8.07. The lowest BCUT2D eigenvalue weighted by Gasteiger charge is -2.40. The van der Waals surface area contributed by atoms with Gasteiger partial charge in [0.25, 0.3) is 0 Å². The van der Waals surface area contributed by atoms with E-state index in [-0.39, 0.29) is 17.5 Å². The molecule has 17 heavy (non-hydrogen) atoms. The molecule has 0 saturated carbocycles. The molecule has 0 spiro atoms. The van der Waals surface area contributed by atoms with Crippen molar-refractivity contribution >= 4 is 15.7 Å². The second-order valence-corrected chi connectivity index (χ2v) is 6.78. The number of sulfone groups is 1. The van der Waals surface area contributed by atoms with Crippen LogP contribution in [0, 0.1) is 6.92 Å². The molecule has 1 unspecified atom stereocenters. The molecule has 1 aromatic heterocycles. The Labute approximate surface area is 100 Å². The van der Waals surface area contributed by atoms with Gasteiger partial charge in [-0.25, -0.2) is 13.4 Å². The highest BCUT2D eigenvalue weighted by molar-refractivity contribution is 7.91. The highest BCUT2D eigenvalue weighted by Crippen LogP contribution is 2.35. The molecule has 0 aliphatic carbocycles. The van der Waals surface area contributed by atoms with E-state index in [9.17, 15) is 8.42 Å². The molecule has 1 aromatic rings. The predicted octanol–water partition coefficient (Wildman–Crippen LogP) is 0.386. The van der Waals surface area contributed by atoms with Crippen molar-refractivity contribution in [2.75, 3.05) is 29.6 Å². The van der Waals surface area contributed by atoms with E-state index in [2.05, 4.69) is 9.88 Å². The Hall–Kier alpha value is -1.30. The Bertz CT molecular complexity index is 556. The highest BCUT2D eigenvalue weighted by atomic mass is 32.2. The molecule has 2 aliphatic heterocycles. The zero-order valence-corrected chi connectivity index (χ0v) is 10.4. The van der Waals surface area contributed by atoms with Crippen LogP contribution in [0.25, 0.3) is 0 Å². The van der Waals surface area contributed by atoms with Crippen molar-refractivity contribution in [3.63, 3.8) is 0 Å². The number of hydrogen-bond acceptors (Lipinski definition) is 5. The predicted molar refractivity (Wildman–Crippen MR) is 64.3 cm³/mol. The first-order valence-electron chi connectivity index (χ1n) is 5.62. The van der Waals surface area contributed by atoms with Gasteiger partial charge in [-0.15, -0.1) is 0 Å². The first kappa shape index (κ1) is 10.8. The smallest absolute Gasteiger partial charge is 0.172 e. The van der Waals surface area contributed by atoms with Gasteiger partial charge in [-0.3, -0.25) is 0 Å².